The highest BCUT2D eigenvalue weighted by atomic mass is 16.2. The highest BCUT2D eigenvalue weighted by Crippen LogP contribution is 2.11. The molecule has 0 aliphatic rings. The van der Waals surface area contributed by atoms with Gasteiger partial charge in [-0.1, -0.05) is 6.92 Å². The van der Waals surface area contributed by atoms with Gasteiger partial charge in [0.2, 0.25) is 5.91 Å². The fourth-order valence-electron chi connectivity index (χ4n) is 1.90. The highest BCUT2D eigenvalue weighted by Gasteiger charge is 2.09. The van der Waals surface area contributed by atoms with Gasteiger partial charge in [0.25, 0.3) is 5.91 Å². The number of carbonyl (C=O) groups excluding carboxylic acids is 2. The first kappa shape index (κ1) is 16.9. The van der Waals surface area contributed by atoms with Crippen LogP contribution in [-0.4, -0.2) is 29.9 Å². The van der Waals surface area contributed by atoms with Crippen LogP contribution in [0.4, 0.5) is 5.82 Å². The summed E-state index contributed by atoms with van der Waals surface area (Å²) in [4.78, 5) is 27.1. The van der Waals surface area contributed by atoms with Gasteiger partial charge in [0.05, 0.1) is 0 Å². The van der Waals surface area contributed by atoms with Crippen LogP contribution in [0.15, 0.2) is 12.1 Å². The van der Waals surface area contributed by atoms with E-state index in [-0.39, 0.29) is 11.8 Å². The highest BCUT2D eigenvalue weighted by molar-refractivity contribution is 5.95. The molecule has 0 saturated heterocycles. The first-order valence-electron chi connectivity index (χ1n) is 7.38. The molecule has 6 heteroatoms. The number of anilines is 1. The van der Waals surface area contributed by atoms with Crippen molar-refractivity contribution in [2.45, 2.75) is 39.5 Å². The van der Waals surface area contributed by atoms with Gasteiger partial charge in [0.15, 0.2) is 0 Å². The largest absolute Gasteiger partial charge is 0.370 e. The third-order valence-electron chi connectivity index (χ3n) is 3.00. The number of hydrogen-bond donors (Lipinski definition) is 3. The van der Waals surface area contributed by atoms with Crippen LogP contribution >= 0.6 is 0 Å². The van der Waals surface area contributed by atoms with Crippen LogP contribution in [0.5, 0.6) is 0 Å². The van der Waals surface area contributed by atoms with Gasteiger partial charge in [0, 0.05) is 30.8 Å². The standard InChI is InChI=1S/C15H24N4O2/c1-3-12-9-11(10-14(19-12)17-4-2)15(21)18-8-6-5-7-13(16)20/h9-10H,3-8H2,1-2H3,(H2,16,20)(H,17,19)(H,18,21). The Balaban J connectivity index is 2.56. The smallest absolute Gasteiger partial charge is 0.251 e. The third kappa shape index (κ3) is 6.25. The van der Waals surface area contributed by atoms with E-state index in [1.165, 1.54) is 0 Å². The Morgan fingerprint density at radius 3 is 2.62 bits per heavy atom. The summed E-state index contributed by atoms with van der Waals surface area (Å²) in [6.07, 6.45) is 2.56. The van der Waals surface area contributed by atoms with Crippen molar-refractivity contribution in [3.8, 4) is 0 Å². The summed E-state index contributed by atoms with van der Waals surface area (Å²) in [7, 11) is 0. The lowest BCUT2D eigenvalue weighted by atomic mass is 10.1. The lowest BCUT2D eigenvalue weighted by Crippen LogP contribution is -2.25. The minimum Gasteiger partial charge on any atom is -0.370 e. The summed E-state index contributed by atoms with van der Waals surface area (Å²) in [5.41, 5.74) is 6.55. The monoisotopic (exact) mass is 292 g/mol. The molecule has 1 heterocycles. The normalized spacial score (nSPS) is 10.2. The van der Waals surface area contributed by atoms with Crippen molar-refractivity contribution < 1.29 is 9.59 Å². The number of nitrogens with one attached hydrogen (secondary N) is 2. The average molecular weight is 292 g/mol. The summed E-state index contributed by atoms with van der Waals surface area (Å²) in [5, 5.41) is 5.97. The minimum atomic E-state index is -0.307. The molecule has 6 nitrogen and oxygen atoms in total. The zero-order chi connectivity index (χ0) is 15.7. The van der Waals surface area contributed by atoms with Crippen LogP contribution < -0.4 is 16.4 Å². The zero-order valence-electron chi connectivity index (χ0n) is 12.7. The minimum absolute atomic E-state index is 0.120. The summed E-state index contributed by atoms with van der Waals surface area (Å²) in [6, 6.07) is 3.56. The zero-order valence-corrected chi connectivity index (χ0v) is 12.7. The van der Waals surface area contributed by atoms with Gasteiger partial charge in [-0.3, -0.25) is 9.59 Å². The van der Waals surface area contributed by atoms with E-state index in [1.807, 2.05) is 13.8 Å². The molecule has 1 rings (SSSR count). The summed E-state index contributed by atoms with van der Waals surface area (Å²) in [5.74, 6) is 0.291. The second kappa shape index (κ2) is 8.94. The van der Waals surface area contributed by atoms with Crippen molar-refractivity contribution in [1.29, 1.82) is 0 Å². The quantitative estimate of drug-likeness (QED) is 0.600. The number of carbonyl (C=O) groups is 2. The second-order valence-electron chi connectivity index (χ2n) is 4.80. The molecule has 116 valence electrons. The lowest BCUT2D eigenvalue weighted by Gasteiger charge is -2.09. The Labute approximate surface area is 125 Å². The van der Waals surface area contributed by atoms with E-state index in [1.54, 1.807) is 12.1 Å². The summed E-state index contributed by atoms with van der Waals surface area (Å²) < 4.78 is 0. The van der Waals surface area contributed by atoms with E-state index >= 15 is 0 Å². The topological polar surface area (TPSA) is 97.1 Å². The molecule has 1 aromatic heterocycles. The molecule has 0 spiro atoms. The predicted molar refractivity (Wildman–Crippen MR) is 83.2 cm³/mol. The van der Waals surface area contributed by atoms with Crippen LogP contribution in [0.2, 0.25) is 0 Å². The third-order valence-corrected chi connectivity index (χ3v) is 3.00. The predicted octanol–water partition coefficient (Wildman–Crippen LogP) is 1.46. The lowest BCUT2D eigenvalue weighted by molar-refractivity contribution is -0.118. The molecule has 0 atom stereocenters. The maximum Gasteiger partial charge on any atom is 0.251 e. The van der Waals surface area contributed by atoms with E-state index in [0.717, 1.165) is 30.9 Å². The first-order valence-corrected chi connectivity index (χ1v) is 7.38. The molecule has 4 N–H and O–H groups in total. The van der Waals surface area contributed by atoms with Gasteiger partial charge in [-0.25, -0.2) is 4.98 Å². The SMILES string of the molecule is CCNc1cc(C(=O)NCCCCC(N)=O)cc(CC)n1. The molecule has 0 saturated carbocycles. The van der Waals surface area contributed by atoms with Gasteiger partial charge in [-0.05, 0) is 38.3 Å². The number of primary amides is 1. The van der Waals surface area contributed by atoms with Crippen LogP contribution in [0.1, 0.15) is 49.2 Å². The van der Waals surface area contributed by atoms with Crippen molar-refractivity contribution in [3.05, 3.63) is 23.4 Å². The Kier molecular flexibility index (Phi) is 7.21. The molecule has 21 heavy (non-hydrogen) atoms. The van der Waals surface area contributed by atoms with E-state index in [9.17, 15) is 9.59 Å². The van der Waals surface area contributed by atoms with Gasteiger partial charge < -0.3 is 16.4 Å². The molecule has 0 aromatic carbocycles. The maximum absolute atomic E-state index is 12.1. The van der Waals surface area contributed by atoms with Crippen molar-refractivity contribution in [1.82, 2.24) is 10.3 Å². The van der Waals surface area contributed by atoms with Gasteiger partial charge in [0.1, 0.15) is 5.82 Å². The molecular formula is C15H24N4O2. The fraction of sp³-hybridized carbons (Fsp3) is 0.533. The van der Waals surface area contributed by atoms with Crippen molar-refractivity contribution >= 4 is 17.6 Å². The van der Waals surface area contributed by atoms with E-state index in [2.05, 4.69) is 15.6 Å². The van der Waals surface area contributed by atoms with Crippen LogP contribution in [0.25, 0.3) is 0 Å². The number of unbranched alkanes of at least 4 members (excludes halogenated alkanes) is 1. The Morgan fingerprint density at radius 2 is 2.00 bits per heavy atom. The number of pyridine rings is 1. The maximum atomic E-state index is 12.1. The number of aryl methyl sites for hydroxylation is 1. The number of hydrogen-bond acceptors (Lipinski definition) is 4. The summed E-state index contributed by atoms with van der Waals surface area (Å²) in [6.45, 7) is 5.28. The number of aromatic nitrogens is 1. The molecule has 0 radical (unpaired) electrons. The second-order valence-corrected chi connectivity index (χ2v) is 4.80. The molecule has 0 unspecified atom stereocenters. The van der Waals surface area contributed by atoms with E-state index in [4.69, 9.17) is 5.73 Å². The Morgan fingerprint density at radius 1 is 1.24 bits per heavy atom. The number of rotatable bonds is 9. The molecule has 0 aliphatic carbocycles. The Hall–Kier alpha value is -2.11. The van der Waals surface area contributed by atoms with E-state index < -0.39 is 0 Å². The van der Waals surface area contributed by atoms with Crippen LogP contribution in [0.3, 0.4) is 0 Å². The van der Waals surface area contributed by atoms with Crippen LogP contribution in [-0.2, 0) is 11.2 Å². The number of nitrogens with zero attached hydrogens (tertiary/aromatic N) is 1. The average Bonchev–Trinajstić information content (AvgIpc) is 2.46. The fourth-order valence-corrected chi connectivity index (χ4v) is 1.90. The van der Waals surface area contributed by atoms with E-state index in [0.29, 0.717) is 24.9 Å². The van der Waals surface area contributed by atoms with Gasteiger partial charge in [-0.2, -0.15) is 0 Å². The number of nitrogens with two attached hydrogens (primary N) is 1. The molecular weight excluding hydrogens is 268 g/mol. The Bertz CT molecular complexity index is 489. The molecule has 0 bridgehead atoms. The number of amides is 2. The van der Waals surface area contributed by atoms with Crippen molar-refractivity contribution in [3.63, 3.8) is 0 Å². The molecule has 0 aliphatic heterocycles. The van der Waals surface area contributed by atoms with Gasteiger partial charge in [-0.15, -0.1) is 0 Å². The molecule has 2 amide bonds. The van der Waals surface area contributed by atoms with Gasteiger partial charge >= 0.3 is 0 Å². The van der Waals surface area contributed by atoms with Crippen molar-refractivity contribution in [2.24, 2.45) is 5.73 Å². The first-order chi connectivity index (χ1) is 10.1. The molecule has 0 fully saturated rings. The van der Waals surface area contributed by atoms with Crippen LogP contribution in [0, 0.1) is 0 Å². The molecule has 1 aromatic rings. The summed E-state index contributed by atoms with van der Waals surface area (Å²) >= 11 is 0. The van der Waals surface area contributed by atoms with Crippen molar-refractivity contribution in [2.75, 3.05) is 18.4 Å².